The van der Waals surface area contributed by atoms with Crippen LogP contribution < -0.4 is 10.6 Å². The molecule has 1 heterocycles. The summed E-state index contributed by atoms with van der Waals surface area (Å²) < 4.78 is 9.82. The van der Waals surface area contributed by atoms with Crippen molar-refractivity contribution in [2.75, 3.05) is 23.8 Å². The molecule has 0 saturated heterocycles. The number of hydrogen-bond acceptors (Lipinski definition) is 7. The SMILES string of the molecule is CCCCOC(=O)Nc1ncnc(NC(=O)OCCCC)n1. The minimum Gasteiger partial charge on any atom is -0.449 e. The maximum atomic E-state index is 11.4. The highest BCUT2D eigenvalue weighted by Crippen LogP contribution is 2.03. The molecular weight excluding hydrogens is 290 g/mol. The molecule has 0 aliphatic carbocycles. The Morgan fingerprint density at radius 3 is 1.82 bits per heavy atom. The summed E-state index contributed by atoms with van der Waals surface area (Å²) in [5, 5.41) is 4.70. The molecule has 9 heteroatoms. The summed E-state index contributed by atoms with van der Waals surface area (Å²) in [4.78, 5) is 34.3. The van der Waals surface area contributed by atoms with Gasteiger partial charge in [0.05, 0.1) is 13.2 Å². The maximum Gasteiger partial charge on any atom is 0.414 e. The summed E-state index contributed by atoms with van der Waals surface area (Å²) in [7, 11) is 0. The maximum absolute atomic E-state index is 11.4. The van der Waals surface area contributed by atoms with Gasteiger partial charge in [-0.2, -0.15) is 4.98 Å². The van der Waals surface area contributed by atoms with Gasteiger partial charge in [-0.3, -0.25) is 10.6 Å². The first-order chi connectivity index (χ1) is 10.7. The molecule has 0 radical (unpaired) electrons. The van der Waals surface area contributed by atoms with Crippen molar-refractivity contribution >= 4 is 24.1 Å². The van der Waals surface area contributed by atoms with E-state index in [4.69, 9.17) is 9.47 Å². The van der Waals surface area contributed by atoms with Crippen molar-refractivity contribution in [1.82, 2.24) is 15.0 Å². The molecule has 0 spiro atoms. The number of carbonyl (C=O) groups is 2. The van der Waals surface area contributed by atoms with E-state index in [9.17, 15) is 9.59 Å². The molecule has 122 valence electrons. The van der Waals surface area contributed by atoms with Crippen LogP contribution in [0.3, 0.4) is 0 Å². The number of amides is 2. The normalized spacial score (nSPS) is 9.91. The largest absolute Gasteiger partial charge is 0.449 e. The monoisotopic (exact) mass is 311 g/mol. The number of nitrogens with zero attached hydrogens (tertiary/aromatic N) is 3. The predicted molar refractivity (Wildman–Crippen MR) is 79.6 cm³/mol. The van der Waals surface area contributed by atoms with Crippen LogP contribution in [0.1, 0.15) is 39.5 Å². The summed E-state index contributed by atoms with van der Waals surface area (Å²) in [6, 6.07) is 0. The van der Waals surface area contributed by atoms with Crippen LogP contribution in [0.2, 0.25) is 0 Å². The number of hydrogen-bond donors (Lipinski definition) is 2. The third kappa shape index (κ3) is 7.36. The molecule has 22 heavy (non-hydrogen) atoms. The summed E-state index contributed by atoms with van der Waals surface area (Å²) >= 11 is 0. The molecule has 0 atom stereocenters. The van der Waals surface area contributed by atoms with Crippen LogP contribution >= 0.6 is 0 Å². The first-order valence-corrected chi connectivity index (χ1v) is 7.22. The second kappa shape index (κ2) is 10.3. The Labute approximate surface area is 128 Å². The van der Waals surface area contributed by atoms with Gasteiger partial charge in [-0.25, -0.2) is 19.6 Å². The Hall–Kier alpha value is -2.45. The average molecular weight is 311 g/mol. The van der Waals surface area contributed by atoms with E-state index >= 15 is 0 Å². The van der Waals surface area contributed by atoms with Gasteiger partial charge >= 0.3 is 12.2 Å². The number of carbonyl (C=O) groups excluding carboxylic acids is 2. The van der Waals surface area contributed by atoms with E-state index in [1.807, 2.05) is 13.8 Å². The van der Waals surface area contributed by atoms with Gasteiger partial charge in [0.15, 0.2) is 0 Å². The Kier molecular flexibility index (Phi) is 8.24. The van der Waals surface area contributed by atoms with Gasteiger partial charge in [0.2, 0.25) is 11.9 Å². The fraction of sp³-hybridized carbons (Fsp3) is 0.615. The van der Waals surface area contributed by atoms with Crippen molar-refractivity contribution in [3.05, 3.63) is 6.33 Å². The van der Waals surface area contributed by atoms with Gasteiger partial charge in [-0.15, -0.1) is 0 Å². The van der Waals surface area contributed by atoms with E-state index in [-0.39, 0.29) is 11.9 Å². The van der Waals surface area contributed by atoms with Gasteiger partial charge in [-0.05, 0) is 12.8 Å². The van der Waals surface area contributed by atoms with Crippen LogP contribution in [0.25, 0.3) is 0 Å². The number of unbranched alkanes of at least 4 members (excludes halogenated alkanes) is 2. The molecule has 9 nitrogen and oxygen atoms in total. The highest BCUT2D eigenvalue weighted by molar-refractivity contribution is 5.84. The summed E-state index contributed by atoms with van der Waals surface area (Å²) in [6.07, 6.45) is 3.26. The second-order valence-corrected chi connectivity index (χ2v) is 4.36. The number of ether oxygens (including phenoxy) is 2. The highest BCUT2D eigenvalue weighted by Gasteiger charge is 2.09. The van der Waals surface area contributed by atoms with Crippen molar-refractivity contribution in [1.29, 1.82) is 0 Å². The zero-order valence-electron chi connectivity index (χ0n) is 12.8. The molecule has 1 aromatic heterocycles. The molecule has 0 saturated carbocycles. The number of anilines is 2. The summed E-state index contributed by atoms with van der Waals surface area (Å²) in [5.74, 6) is -0.0271. The fourth-order valence-electron chi connectivity index (χ4n) is 1.29. The van der Waals surface area contributed by atoms with Crippen LogP contribution in [0.5, 0.6) is 0 Å². The smallest absolute Gasteiger partial charge is 0.414 e. The van der Waals surface area contributed by atoms with E-state index in [2.05, 4.69) is 25.6 Å². The third-order valence-corrected chi connectivity index (χ3v) is 2.46. The zero-order chi connectivity index (χ0) is 16.2. The minimum atomic E-state index is -0.656. The summed E-state index contributed by atoms with van der Waals surface area (Å²) in [5.41, 5.74) is 0. The lowest BCUT2D eigenvalue weighted by atomic mass is 10.4. The fourth-order valence-corrected chi connectivity index (χ4v) is 1.29. The standard InChI is InChI=1S/C13H21N5O4/c1-3-5-7-21-12(19)17-10-14-9-15-11(16-10)18-13(20)22-8-6-4-2/h9H,3-8H2,1-2H3,(H2,14,15,16,17,18,19,20). The Morgan fingerprint density at radius 2 is 1.41 bits per heavy atom. The minimum absolute atomic E-state index is 0.0136. The van der Waals surface area contributed by atoms with Gasteiger partial charge in [0.1, 0.15) is 6.33 Å². The van der Waals surface area contributed by atoms with E-state index in [1.165, 1.54) is 0 Å². The van der Waals surface area contributed by atoms with Crippen molar-refractivity contribution in [2.24, 2.45) is 0 Å². The van der Waals surface area contributed by atoms with Gasteiger partial charge in [0, 0.05) is 0 Å². The zero-order valence-corrected chi connectivity index (χ0v) is 12.8. The molecule has 0 unspecified atom stereocenters. The molecule has 0 aromatic carbocycles. The van der Waals surface area contributed by atoms with Crippen LogP contribution in [0.4, 0.5) is 21.5 Å². The molecule has 2 amide bonds. The van der Waals surface area contributed by atoms with Crippen LogP contribution in [0, 0.1) is 0 Å². The van der Waals surface area contributed by atoms with Crippen molar-refractivity contribution < 1.29 is 19.1 Å². The highest BCUT2D eigenvalue weighted by atomic mass is 16.6. The molecule has 0 aliphatic rings. The lowest BCUT2D eigenvalue weighted by Gasteiger charge is -2.07. The average Bonchev–Trinajstić information content (AvgIpc) is 2.48. The van der Waals surface area contributed by atoms with Crippen LogP contribution in [0.15, 0.2) is 6.33 Å². The van der Waals surface area contributed by atoms with Crippen molar-refractivity contribution in [3.63, 3.8) is 0 Å². The molecular formula is C13H21N5O4. The van der Waals surface area contributed by atoms with Crippen LogP contribution in [-0.4, -0.2) is 40.4 Å². The summed E-state index contributed by atoms with van der Waals surface area (Å²) in [6.45, 7) is 4.63. The molecule has 0 bridgehead atoms. The molecule has 2 N–H and O–H groups in total. The number of aromatic nitrogens is 3. The van der Waals surface area contributed by atoms with Gasteiger partial charge < -0.3 is 9.47 Å². The van der Waals surface area contributed by atoms with Gasteiger partial charge in [-0.1, -0.05) is 26.7 Å². The lowest BCUT2D eigenvalue weighted by molar-refractivity contribution is 0.159. The van der Waals surface area contributed by atoms with Crippen molar-refractivity contribution in [2.45, 2.75) is 39.5 Å². The predicted octanol–water partition coefficient (Wildman–Crippen LogP) is 2.57. The van der Waals surface area contributed by atoms with Crippen molar-refractivity contribution in [3.8, 4) is 0 Å². The third-order valence-electron chi connectivity index (χ3n) is 2.46. The molecule has 1 aromatic rings. The first kappa shape index (κ1) is 17.6. The number of nitrogens with one attached hydrogen (secondary N) is 2. The lowest BCUT2D eigenvalue weighted by Crippen LogP contribution is -2.19. The molecule has 1 rings (SSSR count). The Balaban J connectivity index is 2.44. The molecule has 0 fully saturated rings. The Bertz CT molecular complexity index is 444. The van der Waals surface area contributed by atoms with Gasteiger partial charge in [0.25, 0.3) is 0 Å². The van der Waals surface area contributed by atoms with Crippen LogP contribution in [-0.2, 0) is 9.47 Å². The second-order valence-electron chi connectivity index (χ2n) is 4.36. The van der Waals surface area contributed by atoms with E-state index < -0.39 is 12.2 Å². The Morgan fingerprint density at radius 1 is 0.955 bits per heavy atom. The number of rotatable bonds is 8. The van der Waals surface area contributed by atoms with E-state index in [0.29, 0.717) is 13.2 Å². The first-order valence-electron chi connectivity index (χ1n) is 7.22. The quantitative estimate of drug-likeness (QED) is 0.709. The topological polar surface area (TPSA) is 115 Å². The van der Waals surface area contributed by atoms with E-state index in [0.717, 1.165) is 32.0 Å². The van der Waals surface area contributed by atoms with E-state index in [1.54, 1.807) is 0 Å². The molecule has 0 aliphatic heterocycles.